The number of nitrogens with one attached hydrogen (secondary N) is 3. The van der Waals surface area contributed by atoms with Crippen LogP contribution >= 0.6 is 11.3 Å². The van der Waals surface area contributed by atoms with Crippen LogP contribution in [0, 0.1) is 13.8 Å². The molecule has 0 spiro atoms. The van der Waals surface area contributed by atoms with Gasteiger partial charge in [-0.25, -0.2) is 4.98 Å². The van der Waals surface area contributed by atoms with E-state index in [1.165, 1.54) is 11.3 Å². The highest BCUT2D eigenvalue weighted by Gasteiger charge is 2.13. The maximum Gasteiger partial charge on any atom is 0.259 e. The van der Waals surface area contributed by atoms with E-state index in [1.807, 2.05) is 13.8 Å². The van der Waals surface area contributed by atoms with E-state index in [4.69, 9.17) is 4.74 Å². The maximum atomic E-state index is 12.2. The van der Waals surface area contributed by atoms with Crippen LogP contribution in [-0.2, 0) is 20.7 Å². The molecule has 2 rings (SSSR count). The minimum absolute atomic E-state index is 0.0884. The molecule has 0 saturated carbocycles. The highest BCUT2D eigenvalue weighted by atomic mass is 32.1. The lowest BCUT2D eigenvalue weighted by Crippen LogP contribution is -2.38. The fourth-order valence-electron chi connectivity index (χ4n) is 2.27. The minimum atomic E-state index is -0.275. The fraction of sp³-hybridized carbons (Fsp3) is 0.500. The highest BCUT2D eigenvalue weighted by molar-refractivity contribution is 7.18. The molecule has 0 unspecified atom stereocenters. The number of aromatic nitrogens is 2. The maximum absolute atomic E-state index is 12.2. The largest absolute Gasteiger partial charge is 0.383 e. The van der Waals surface area contributed by atoms with Gasteiger partial charge in [-0.05, 0) is 19.4 Å². The topological polar surface area (TPSA) is 113 Å². The molecule has 0 radical (unpaired) electrons. The lowest BCUT2D eigenvalue weighted by molar-refractivity contribution is -0.126. The van der Waals surface area contributed by atoms with Gasteiger partial charge in [0.1, 0.15) is 10.7 Å². The van der Waals surface area contributed by atoms with Crippen LogP contribution in [-0.4, -0.2) is 48.6 Å². The van der Waals surface area contributed by atoms with Crippen molar-refractivity contribution >= 4 is 33.4 Å². The number of methoxy groups -OCH3 is 1. The Morgan fingerprint density at radius 3 is 2.72 bits per heavy atom. The van der Waals surface area contributed by atoms with Crippen molar-refractivity contribution in [2.24, 2.45) is 0 Å². The van der Waals surface area contributed by atoms with Gasteiger partial charge in [-0.3, -0.25) is 14.4 Å². The Morgan fingerprint density at radius 1 is 1.24 bits per heavy atom. The Kier molecular flexibility index (Phi) is 6.65. The van der Waals surface area contributed by atoms with Gasteiger partial charge in [0, 0.05) is 31.4 Å². The zero-order valence-electron chi connectivity index (χ0n) is 14.5. The van der Waals surface area contributed by atoms with Crippen molar-refractivity contribution < 1.29 is 14.3 Å². The van der Waals surface area contributed by atoms with Crippen molar-refractivity contribution in [1.29, 1.82) is 0 Å². The van der Waals surface area contributed by atoms with E-state index in [0.717, 1.165) is 10.4 Å². The van der Waals surface area contributed by atoms with E-state index in [2.05, 4.69) is 20.6 Å². The average molecular weight is 366 g/mol. The summed E-state index contributed by atoms with van der Waals surface area (Å²) in [5.74, 6) is -0.0792. The minimum Gasteiger partial charge on any atom is -0.383 e. The molecule has 0 aliphatic heterocycles. The van der Waals surface area contributed by atoms with Crippen molar-refractivity contribution in [3.63, 3.8) is 0 Å². The first-order chi connectivity index (χ1) is 11.9. The smallest absolute Gasteiger partial charge is 0.259 e. The number of rotatable bonds is 8. The van der Waals surface area contributed by atoms with Gasteiger partial charge in [0.15, 0.2) is 0 Å². The predicted molar refractivity (Wildman–Crippen MR) is 95.9 cm³/mol. The lowest BCUT2D eigenvalue weighted by atomic mass is 10.2. The first-order valence-electron chi connectivity index (χ1n) is 7.93. The van der Waals surface area contributed by atoms with Crippen molar-refractivity contribution in [1.82, 2.24) is 20.6 Å². The average Bonchev–Trinajstić information content (AvgIpc) is 2.86. The van der Waals surface area contributed by atoms with Crippen LogP contribution in [0.4, 0.5) is 0 Å². The summed E-state index contributed by atoms with van der Waals surface area (Å²) in [6.07, 6.45) is 0.446. The molecule has 0 bridgehead atoms. The zero-order valence-corrected chi connectivity index (χ0v) is 15.3. The molecular formula is C16H22N4O4S. The van der Waals surface area contributed by atoms with Crippen molar-refractivity contribution in [3.05, 3.63) is 26.6 Å². The molecule has 8 nitrogen and oxygen atoms in total. The van der Waals surface area contributed by atoms with Crippen LogP contribution in [0.25, 0.3) is 10.2 Å². The summed E-state index contributed by atoms with van der Waals surface area (Å²) >= 11 is 1.47. The number of carbonyl (C=O) groups excluding carboxylic acids is 2. The summed E-state index contributed by atoms with van der Waals surface area (Å²) in [7, 11) is 1.54. The van der Waals surface area contributed by atoms with Crippen molar-refractivity contribution in [2.75, 3.05) is 26.8 Å². The number of fused-ring (bicyclic) bond motifs is 1. The Morgan fingerprint density at radius 2 is 2.00 bits per heavy atom. The van der Waals surface area contributed by atoms with Crippen molar-refractivity contribution in [2.45, 2.75) is 26.7 Å². The fourth-order valence-corrected chi connectivity index (χ4v) is 3.32. The first-order valence-corrected chi connectivity index (χ1v) is 8.75. The van der Waals surface area contributed by atoms with Gasteiger partial charge < -0.3 is 20.4 Å². The SMILES string of the molecule is COCCNC(=O)CNC(=O)CCc1nc2sc(C)c(C)c2c(=O)[nH]1. The van der Waals surface area contributed by atoms with Gasteiger partial charge in [0.25, 0.3) is 5.56 Å². The molecule has 0 aromatic carbocycles. The Balaban J connectivity index is 1.87. The molecule has 2 aromatic rings. The molecule has 0 fully saturated rings. The molecular weight excluding hydrogens is 344 g/mol. The number of hydrogen-bond donors (Lipinski definition) is 3. The van der Waals surface area contributed by atoms with E-state index in [0.29, 0.717) is 35.6 Å². The number of ether oxygens (including phenoxy) is 1. The second-order valence-electron chi connectivity index (χ2n) is 5.60. The Hall–Kier alpha value is -2.26. The van der Waals surface area contributed by atoms with Crippen LogP contribution < -0.4 is 16.2 Å². The highest BCUT2D eigenvalue weighted by Crippen LogP contribution is 2.25. The number of aromatic amines is 1. The summed E-state index contributed by atoms with van der Waals surface area (Å²) in [6, 6.07) is 0. The van der Waals surface area contributed by atoms with Crippen LogP contribution in [0.5, 0.6) is 0 Å². The van der Waals surface area contributed by atoms with E-state index in [1.54, 1.807) is 7.11 Å². The number of H-pyrrole nitrogens is 1. The van der Waals surface area contributed by atoms with E-state index >= 15 is 0 Å². The van der Waals surface area contributed by atoms with Gasteiger partial charge in [-0.1, -0.05) is 0 Å². The normalized spacial score (nSPS) is 10.8. The second-order valence-corrected chi connectivity index (χ2v) is 6.80. The van der Waals surface area contributed by atoms with Crippen LogP contribution in [0.1, 0.15) is 22.7 Å². The second kappa shape index (κ2) is 8.72. The Labute approximate surface area is 149 Å². The molecule has 136 valence electrons. The summed E-state index contributed by atoms with van der Waals surface area (Å²) < 4.78 is 4.82. The number of thiophene rings is 1. The molecule has 9 heteroatoms. The van der Waals surface area contributed by atoms with Gasteiger partial charge in [0.2, 0.25) is 11.8 Å². The third-order valence-electron chi connectivity index (χ3n) is 3.75. The molecule has 0 atom stereocenters. The third kappa shape index (κ3) is 5.10. The number of nitrogens with zero attached hydrogens (tertiary/aromatic N) is 1. The van der Waals surface area contributed by atoms with E-state index < -0.39 is 0 Å². The van der Waals surface area contributed by atoms with Crippen LogP contribution in [0.2, 0.25) is 0 Å². The molecule has 2 aromatic heterocycles. The first kappa shape index (κ1) is 19.1. The lowest BCUT2D eigenvalue weighted by Gasteiger charge is -2.06. The standard InChI is InChI=1S/C16H22N4O4S/c1-9-10(2)25-16-14(9)15(23)19-11(20-16)4-5-12(21)18-8-13(22)17-6-7-24-3/h4-8H2,1-3H3,(H,17,22)(H,18,21)(H,19,20,23). The molecule has 0 saturated heterocycles. The Bertz CT molecular complexity index is 827. The number of aryl methyl sites for hydroxylation is 3. The molecule has 2 heterocycles. The van der Waals surface area contributed by atoms with Crippen LogP contribution in [0.15, 0.2) is 4.79 Å². The van der Waals surface area contributed by atoms with Gasteiger partial charge in [0.05, 0.1) is 18.5 Å². The molecule has 0 aliphatic carbocycles. The van der Waals surface area contributed by atoms with Crippen molar-refractivity contribution in [3.8, 4) is 0 Å². The third-order valence-corrected chi connectivity index (χ3v) is 4.85. The molecule has 3 N–H and O–H groups in total. The van der Waals surface area contributed by atoms with Gasteiger partial charge in [-0.2, -0.15) is 0 Å². The summed E-state index contributed by atoms with van der Waals surface area (Å²) in [4.78, 5) is 44.4. The monoisotopic (exact) mass is 366 g/mol. The molecule has 25 heavy (non-hydrogen) atoms. The molecule has 0 aliphatic rings. The summed E-state index contributed by atoms with van der Waals surface area (Å²) in [5, 5.41) is 5.76. The quantitative estimate of drug-likeness (QED) is 0.586. The number of hydrogen-bond acceptors (Lipinski definition) is 6. The van der Waals surface area contributed by atoms with Gasteiger partial charge in [-0.15, -0.1) is 11.3 Å². The summed E-state index contributed by atoms with van der Waals surface area (Å²) in [6.45, 7) is 4.58. The number of carbonyl (C=O) groups is 2. The van der Waals surface area contributed by atoms with E-state index in [-0.39, 0.29) is 30.3 Å². The molecule has 2 amide bonds. The summed E-state index contributed by atoms with van der Waals surface area (Å²) in [5.41, 5.74) is 0.761. The predicted octanol–water partition coefficient (Wildman–Crippen LogP) is 0.413. The van der Waals surface area contributed by atoms with Crippen LogP contribution in [0.3, 0.4) is 0 Å². The number of amides is 2. The zero-order chi connectivity index (χ0) is 18.4. The van der Waals surface area contributed by atoms with E-state index in [9.17, 15) is 14.4 Å². The van der Waals surface area contributed by atoms with Gasteiger partial charge >= 0.3 is 0 Å².